The highest BCUT2D eigenvalue weighted by molar-refractivity contribution is 5.93. The van der Waals surface area contributed by atoms with Crippen molar-refractivity contribution in [2.75, 3.05) is 0 Å². The number of halogens is 5. The van der Waals surface area contributed by atoms with E-state index in [-0.39, 0.29) is 0 Å². The predicted molar refractivity (Wildman–Crippen MR) is 48.6 cm³/mol. The van der Waals surface area contributed by atoms with Crippen molar-refractivity contribution >= 4 is 11.8 Å². The molecule has 0 fully saturated rings. The lowest BCUT2D eigenvalue weighted by molar-refractivity contribution is -0.108. The summed E-state index contributed by atoms with van der Waals surface area (Å²) in [5.41, 5.74) is -1.70. The van der Waals surface area contributed by atoms with Gasteiger partial charge in [-0.3, -0.25) is 0 Å². The first-order chi connectivity index (χ1) is 7.75. The van der Waals surface area contributed by atoms with Crippen LogP contribution >= 0.6 is 0 Å². The highest BCUT2D eigenvalue weighted by Gasteiger charge is 2.39. The molecule has 0 unspecified atom stereocenters. The van der Waals surface area contributed by atoms with E-state index in [4.69, 9.17) is 5.11 Å². The first-order valence-corrected chi connectivity index (χ1v) is 4.20. The third-order valence-corrected chi connectivity index (χ3v) is 1.84. The van der Waals surface area contributed by atoms with Crippen LogP contribution in [0.3, 0.4) is 0 Å². The second-order valence-corrected chi connectivity index (χ2v) is 2.98. The second kappa shape index (κ2) is 4.52. The van der Waals surface area contributed by atoms with Gasteiger partial charge in [-0.2, -0.15) is 17.6 Å². The Morgan fingerprint density at radius 1 is 1.06 bits per heavy atom. The molecule has 92 valence electrons. The fraction of sp³-hybridized carbons (Fsp3) is 0.100. The van der Waals surface area contributed by atoms with Crippen molar-refractivity contribution in [3.05, 3.63) is 41.2 Å². The molecule has 0 radical (unpaired) electrons. The van der Waals surface area contributed by atoms with Crippen molar-refractivity contribution in [1.82, 2.24) is 0 Å². The quantitative estimate of drug-likeness (QED) is 0.817. The van der Waals surface area contributed by atoms with Gasteiger partial charge in [0.05, 0.1) is 5.56 Å². The van der Waals surface area contributed by atoms with Crippen LogP contribution in [0.25, 0.3) is 5.83 Å². The molecule has 0 aromatic heterocycles. The van der Waals surface area contributed by atoms with Gasteiger partial charge in [-0.25, -0.2) is 9.18 Å². The predicted octanol–water partition coefficient (Wildman–Crippen LogP) is 3.55. The summed E-state index contributed by atoms with van der Waals surface area (Å²) in [6.45, 7) is 0. The maximum Gasteiger partial charge on any atom is 0.445 e. The second-order valence-electron chi connectivity index (χ2n) is 2.98. The number of allylic oxidation sites excluding steroid dienone is 1. The Balaban J connectivity index is 3.40. The lowest BCUT2D eigenvalue weighted by Crippen LogP contribution is -2.10. The number of benzene rings is 1. The van der Waals surface area contributed by atoms with Gasteiger partial charge in [0.2, 0.25) is 5.83 Å². The van der Waals surface area contributed by atoms with Crippen LogP contribution in [-0.4, -0.2) is 17.3 Å². The van der Waals surface area contributed by atoms with E-state index in [1.54, 1.807) is 0 Å². The summed E-state index contributed by atoms with van der Waals surface area (Å²) in [4.78, 5) is 10.6. The monoisotopic (exact) mass is 252 g/mol. The summed E-state index contributed by atoms with van der Waals surface area (Å²) in [5, 5.41) is 8.61. The molecule has 1 N–H and O–H groups in total. The van der Waals surface area contributed by atoms with Gasteiger partial charge in [-0.05, 0) is 6.07 Å². The minimum absolute atomic E-state index is 0.746. The Kier molecular flexibility index (Phi) is 3.50. The lowest BCUT2D eigenvalue weighted by atomic mass is 10.1. The molecule has 0 saturated carbocycles. The van der Waals surface area contributed by atoms with Gasteiger partial charge in [-0.1, -0.05) is 18.2 Å². The van der Waals surface area contributed by atoms with Gasteiger partial charge in [0, 0.05) is 5.56 Å². The van der Waals surface area contributed by atoms with E-state index in [0.717, 1.165) is 18.2 Å². The van der Waals surface area contributed by atoms with Crippen molar-refractivity contribution in [3.63, 3.8) is 0 Å². The molecule has 0 aliphatic heterocycles. The Labute approximate surface area is 92.0 Å². The van der Waals surface area contributed by atoms with Crippen LogP contribution in [0.15, 0.2) is 30.1 Å². The number of hydrogen-bond donors (Lipinski definition) is 1. The zero-order chi connectivity index (χ0) is 13.2. The maximum atomic E-state index is 13.2. The number of alkyl halides is 3. The Morgan fingerprint density at radius 3 is 1.94 bits per heavy atom. The largest absolute Gasteiger partial charge is 0.478 e. The van der Waals surface area contributed by atoms with Crippen LogP contribution in [0, 0.1) is 0 Å². The first kappa shape index (κ1) is 13.1. The van der Waals surface area contributed by atoms with Crippen LogP contribution in [0.4, 0.5) is 22.0 Å². The number of carbonyl (C=O) groups is 1. The maximum absolute atomic E-state index is 13.2. The molecule has 0 aliphatic rings. The number of rotatable bonds is 2. The van der Waals surface area contributed by atoms with Gasteiger partial charge in [-0.15, -0.1) is 0 Å². The molecule has 0 atom stereocenters. The van der Waals surface area contributed by atoms with E-state index < -0.39 is 34.9 Å². The van der Waals surface area contributed by atoms with Crippen molar-refractivity contribution in [3.8, 4) is 0 Å². The van der Waals surface area contributed by atoms with E-state index in [1.807, 2.05) is 0 Å². The summed E-state index contributed by atoms with van der Waals surface area (Å²) in [6, 6.07) is 3.92. The molecule has 0 amide bonds. The van der Waals surface area contributed by atoms with Crippen molar-refractivity contribution < 1.29 is 31.9 Å². The van der Waals surface area contributed by atoms with Crippen LogP contribution in [0.5, 0.6) is 0 Å². The zero-order valence-corrected chi connectivity index (χ0v) is 8.05. The summed E-state index contributed by atoms with van der Waals surface area (Å²) < 4.78 is 61.5. The van der Waals surface area contributed by atoms with E-state index in [1.165, 1.54) is 6.07 Å². The smallest absolute Gasteiger partial charge is 0.445 e. The molecule has 7 heteroatoms. The molecule has 1 aromatic rings. The van der Waals surface area contributed by atoms with Crippen molar-refractivity contribution in [2.45, 2.75) is 6.18 Å². The zero-order valence-electron chi connectivity index (χ0n) is 8.05. The van der Waals surface area contributed by atoms with Gasteiger partial charge in [0.15, 0.2) is 5.83 Å². The minimum Gasteiger partial charge on any atom is -0.478 e. The van der Waals surface area contributed by atoms with Gasteiger partial charge < -0.3 is 5.11 Å². The summed E-state index contributed by atoms with van der Waals surface area (Å²) in [7, 11) is 0. The first-order valence-electron chi connectivity index (χ1n) is 4.20. The average Bonchev–Trinajstić information content (AvgIpc) is 2.25. The lowest BCUT2D eigenvalue weighted by Gasteiger charge is -2.07. The number of aromatic carboxylic acids is 1. The van der Waals surface area contributed by atoms with E-state index in [0.29, 0.717) is 0 Å². The van der Waals surface area contributed by atoms with E-state index in [2.05, 4.69) is 0 Å². The summed E-state index contributed by atoms with van der Waals surface area (Å²) in [6.07, 6.45) is -5.49. The Morgan fingerprint density at radius 2 is 1.53 bits per heavy atom. The standard InChI is InChI=1S/C10H5F5O2/c11-7(8(12)10(13,14)15)5-3-1-2-4-6(5)9(16)17/h1-4H,(H,16,17)/b8-7+. The normalized spacial score (nSPS) is 13.2. The topological polar surface area (TPSA) is 37.3 Å². The van der Waals surface area contributed by atoms with Crippen molar-refractivity contribution in [2.24, 2.45) is 0 Å². The molecule has 1 aromatic carbocycles. The molecule has 17 heavy (non-hydrogen) atoms. The third kappa shape index (κ3) is 2.80. The molecule has 0 heterocycles. The molecular weight excluding hydrogens is 247 g/mol. The summed E-state index contributed by atoms with van der Waals surface area (Å²) in [5.74, 6) is -6.84. The molecule has 0 spiro atoms. The Bertz CT molecular complexity index is 476. The number of carboxylic acids is 1. The van der Waals surface area contributed by atoms with Crippen LogP contribution in [0.1, 0.15) is 15.9 Å². The SMILES string of the molecule is O=C(O)c1ccccc1/C(F)=C(\F)C(F)(F)F. The minimum atomic E-state index is -5.49. The highest BCUT2D eigenvalue weighted by Crippen LogP contribution is 2.35. The van der Waals surface area contributed by atoms with E-state index >= 15 is 0 Å². The molecular formula is C10H5F5O2. The molecule has 1 rings (SSSR count). The summed E-state index contributed by atoms with van der Waals surface area (Å²) >= 11 is 0. The fourth-order valence-corrected chi connectivity index (χ4v) is 1.10. The van der Waals surface area contributed by atoms with Gasteiger partial charge in [0.1, 0.15) is 0 Å². The highest BCUT2D eigenvalue weighted by atomic mass is 19.4. The average molecular weight is 252 g/mol. The van der Waals surface area contributed by atoms with Crippen LogP contribution in [0.2, 0.25) is 0 Å². The molecule has 0 aliphatic carbocycles. The van der Waals surface area contributed by atoms with Gasteiger partial charge >= 0.3 is 12.1 Å². The molecule has 2 nitrogen and oxygen atoms in total. The Hall–Kier alpha value is -1.92. The van der Waals surface area contributed by atoms with Gasteiger partial charge in [0.25, 0.3) is 0 Å². The molecule has 0 bridgehead atoms. The third-order valence-electron chi connectivity index (χ3n) is 1.84. The number of hydrogen-bond acceptors (Lipinski definition) is 1. The fourth-order valence-electron chi connectivity index (χ4n) is 1.10. The molecule has 0 saturated heterocycles. The number of carboxylic acid groups (broad SMARTS) is 1. The van der Waals surface area contributed by atoms with Crippen molar-refractivity contribution in [1.29, 1.82) is 0 Å². The van der Waals surface area contributed by atoms with Crippen LogP contribution < -0.4 is 0 Å². The van der Waals surface area contributed by atoms with E-state index in [9.17, 15) is 26.7 Å². The van der Waals surface area contributed by atoms with Crippen LogP contribution in [-0.2, 0) is 0 Å².